The molecule has 1 heterocycles. The van der Waals surface area contributed by atoms with Gasteiger partial charge in [0.25, 0.3) is 0 Å². The van der Waals surface area contributed by atoms with Crippen molar-refractivity contribution in [3.8, 4) is 0 Å². The van der Waals surface area contributed by atoms with Gasteiger partial charge in [0.05, 0.1) is 5.75 Å². The van der Waals surface area contributed by atoms with Gasteiger partial charge in [-0.3, -0.25) is 0 Å². The molecule has 21 heavy (non-hydrogen) atoms. The summed E-state index contributed by atoms with van der Waals surface area (Å²) in [7, 11) is -3.21. The first-order valence-corrected chi connectivity index (χ1v) is 9.73. The Morgan fingerprint density at radius 1 is 1.38 bits per heavy atom. The van der Waals surface area contributed by atoms with Crippen molar-refractivity contribution < 1.29 is 13.2 Å². The smallest absolute Gasteiger partial charge is 0.212 e. The molecule has 0 bridgehead atoms. The zero-order chi connectivity index (χ0) is 15.1. The van der Waals surface area contributed by atoms with E-state index in [1.807, 2.05) is 24.3 Å². The fourth-order valence-electron chi connectivity index (χ4n) is 2.18. The number of para-hydroxylation sites is 1. The van der Waals surface area contributed by atoms with Crippen LogP contribution >= 0.6 is 11.8 Å². The minimum absolute atomic E-state index is 0.104. The highest BCUT2D eigenvalue weighted by atomic mass is 32.2. The van der Waals surface area contributed by atoms with Gasteiger partial charge in [0.1, 0.15) is 0 Å². The van der Waals surface area contributed by atoms with Crippen LogP contribution in [0.15, 0.2) is 29.2 Å². The van der Waals surface area contributed by atoms with Crippen LogP contribution in [-0.4, -0.2) is 39.7 Å². The first kappa shape index (κ1) is 16.6. The quantitative estimate of drug-likeness (QED) is 0.560. The molecule has 1 atom stereocenters. The molecule has 1 aromatic rings. The number of sulfonamides is 1. The molecule has 2 rings (SSSR count). The van der Waals surface area contributed by atoms with Gasteiger partial charge >= 0.3 is 0 Å². The lowest BCUT2D eigenvalue weighted by molar-refractivity contribution is 0.184. The van der Waals surface area contributed by atoms with E-state index in [0.717, 1.165) is 31.0 Å². The molecule has 5 nitrogen and oxygen atoms in total. The normalized spacial score (nSPS) is 19.0. The van der Waals surface area contributed by atoms with Crippen molar-refractivity contribution in [3.63, 3.8) is 0 Å². The zero-order valence-corrected chi connectivity index (χ0v) is 13.6. The van der Waals surface area contributed by atoms with E-state index in [-0.39, 0.29) is 5.75 Å². The van der Waals surface area contributed by atoms with E-state index < -0.39 is 10.0 Å². The maximum atomic E-state index is 11.9. The van der Waals surface area contributed by atoms with Crippen molar-refractivity contribution in [1.82, 2.24) is 4.72 Å². The minimum atomic E-state index is -3.21. The van der Waals surface area contributed by atoms with Gasteiger partial charge < -0.3 is 10.5 Å². The molecule has 0 radical (unpaired) electrons. The largest absolute Gasteiger partial charge is 0.398 e. The molecule has 1 aliphatic rings. The van der Waals surface area contributed by atoms with Gasteiger partial charge in [0.15, 0.2) is 0 Å². The lowest BCUT2D eigenvalue weighted by Crippen LogP contribution is -2.29. The molecule has 1 fully saturated rings. The average molecular weight is 330 g/mol. The molecule has 1 aromatic carbocycles. The third kappa shape index (κ3) is 5.86. The van der Waals surface area contributed by atoms with Crippen LogP contribution in [0.5, 0.6) is 0 Å². The molecule has 118 valence electrons. The molecular weight excluding hydrogens is 308 g/mol. The van der Waals surface area contributed by atoms with Crippen LogP contribution < -0.4 is 10.5 Å². The summed E-state index contributed by atoms with van der Waals surface area (Å²) in [6, 6.07) is 7.48. The van der Waals surface area contributed by atoms with Gasteiger partial charge in [-0.1, -0.05) is 12.1 Å². The SMILES string of the molecule is Nc1ccccc1SCCS(=O)(=O)NCCC1CCOC1. The summed E-state index contributed by atoms with van der Waals surface area (Å²) in [5, 5.41) is 0. The number of anilines is 1. The molecular formula is C14H22N2O3S2. The lowest BCUT2D eigenvalue weighted by Gasteiger charge is -2.10. The van der Waals surface area contributed by atoms with E-state index in [2.05, 4.69) is 4.72 Å². The number of nitrogens with one attached hydrogen (secondary N) is 1. The molecule has 1 unspecified atom stereocenters. The molecule has 7 heteroatoms. The molecule has 1 saturated heterocycles. The molecule has 0 spiro atoms. The Balaban J connectivity index is 1.67. The van der Waals surface area contributed by atoms with E-state index in [4.69, 9.17) is 10.5 Å². The number of hydrogen-bond acceptors (Lipinski definition) is 5. The highest BCUT2D eigenvalue weighted by Crippen LogP contribution is 2.24. The average Bonchev–Trinajstić information content (AvgIpc) is 2.94. The second-order valence-corrected chi connectivity index (χ2v) is 8.18. The molecule has 0 aliphatic carbocycles. The number of hydrogen-bond donors (Lipinski definition) is 2. The Morgan fingerprint density at radius 2 is 2.19 bits per heavy atom. The van der Waals surface area contributed by atoms with Crippen molar-refractivity contribution in [2.24, 2.45) is 5.92 Å². The minimum Gasteiger partial charge on any atom is -0.398 e. The van der Waals surface area contributed by atoms with Crippen molar-refractivity contribution in [2.75, 3.05) is 37.0 Å². The van der Waals surface area contributed by atoms with Crippen molar-refractivity contribution >= 4 is 27.5 Å². The van der Waals surface area contributed by atoms with Crippen LogP contribution in [0.2, 0.25) is 0 Å². The summed E-state index contributed by atoms with van der Waals surface area (Å²) in [5.74, 6) is 1.09. The Labute approximate surface area is 130 Å². The first-order valence-electron chi connectivity index (χ1n) is 7.09. The van der Waals surface area contributed by atoms with Crippen molar-refractivity contribution in [3.05, 3.63) is 24.3 Å². The highest BCUT2D eigenvalue weighted by molar-refractivity contribution is 8.00. The number of thioether (sulfide) groups is 1. The third-order valence-electron chi connectivity index (χ3n) is 3.43. The van der Waals surface area contributed by atoms with E-state index in [9.17, 15) is 8.42 Å². The molecule has 0 aromatic heterocycles. The number of benzene rings is 1. The first-order chi connectivity index (χ1) is 10.1. The van der Waals surface area contributed by atoms with Crippen LogP contribution in [0.3, 0.4) is 0 Å². The summed E-state index contributed by atoms with van der Waals surface area (Å²) in [6.07, 6.45) is 1.88. The Morgan fingerprint density at radius 3 is 2.90 bits per heavy atom. The summed E-state index contributed by atoms with van der Waals surface area (Å²) in [4.78, 5) is 0.927. The molecule has 0 saturated carbocycles. The van der Waals surface area contributed by atoms with E-state index in [0.29, 0.717) is 23.9 Å². The van der Waals surface area contributed by atoms with E-state index >= 15 is 0 Å². The molecule has 0 amide bonds. The van der Waals surface area contributed by atoms with Crippen LogP contribution in [0.4, 0.5) is 5.69 Å². The summed E-state index contributed by atoms with van der Waals surface area (Å²) in [6.45, 7) is 2.05. The summed E-state index contributed by atoms with van der Waals surface area (Å²) >= 11 is 1.47. The Kier molecular flexibility index (Phi) is 6.35. The fraction of sp³-hybridized carbons (Fsp3) is 0.571. The number of rotatable bonds is 8. The molecule has 1 aliphatic heterocycles. The van der Waals surface area contributed by atoms with Crippen molar-refractivity contribution in [1.29, 1.82) is 0 Å². The maximum absolute atomic E-state index is 11.9. The topological polar surface area (TPSA) is 81.4 Å². The van der Waals surface area contributed by atoms with Gasteiger partial charge in [-0.2, -0.15) is 0 Å². The predicted molar refractivity (Wildman–Crippen MR) is 86.9 cm³/mol. The molecule has 3 N–H and O–H groups in total. The van der Waals surface area contributed by atoms with Gasteiger partial charge in [-0.25, -0.2) is 13.1 Å². The number of ether oxygens (including phenoxy) is 1. The van der Waals surface area contributed by atoms with Gasteiger partial charge in [0, 0.05) is 36.1 Å². The summed E-state index contributed by atoms with van der Waals surface area (Å²) in [5.41, 5.74) is 6.51. The predicted octanol–water partition coefficient (Wildman–Crippen LogP) is 1.71. The third-order valence-corrected chi connectivity index (χ3v) is 6.16. The number of nitrogens with two attached hydrogens (primary N) is 1. The van der Waals surface area contributed by atoms with E-state index in [1.54, 1.807) is 0 Å². The monoisotopic (exact) mass is 330 g/mol. The second kappa shape index (κ2) is 8.03. The lowest BCUT2D eigenvalue weighted by atomic mass is 10.1. The van der Waals surface area contributed by atoms with Crippen molar-refractivity contribution in [2.45, 2.75) is 17.7 Å². The van der Waals surface area contributed by atoms with Crippen LogP contribution in [0, 0.1) is 5.92 Å². The second-order valence-electron chi connectivity index (χ2n) is 5.12. The maximum Gasteiger partial charge on any atom is 0.212 e. The van der Waals surface area contributed by atoms with Gasteiger partial charge in [-0.05, 0) is 30.9 Å². The summed E-state index contributed by atoms with van der Waals surface area (Å²) < 4.78 is 31.7. The fourth-order valence-corrected chi connectivity index (χ4v) is 4.59. The van der Waals surface area contributed by atoms with Crippen LogP contribution in [0.1, 0.15) is 12.8 Å². The van der Waals surface area contributed by atoms with Gasteiger partial charge in [-0.15, -0.1) is 11.8 Å². The number of nitrogen functional groups attached to an aromatic ring is 1. The van der Waals surface area contributed by atoms with E-state index in [1.165, 1.54) is 11.8 Å². The van der Waals surface area contributed by atoms with Crippen LogP contribution in [-0.2, 0) is 14.8 Å². The zero-order valence-electron chi connectivity index (χ0n) is 12.0. The van der Waals surface area contributed by atoms with Gasteiger partial charge in [0.2, 0.25) is 10.0 Å². The standard InChI is InChI=1S/C14H22N2O3S2/c15-13-3-1-2-4-14(13)20-9-10-21(17,18)16-7-5-12-6-8-19-11-12/h1-4,12,16H,5-11,15H2. The Bertz CT molecular complexity index is 543. The Hall–Kier alpha value is -0.760. The highest BCUT2D eigenvalue weighted by Gasteiger charge is 2.17. The van der Waals surface area contributed by atoms with Crippen LogP contribution in [0.25, 0.3) is 0 Å².